The second kappa shape index (κ2) is 5.56. The van der Waals surface area contributed by atoms with Gasteiger partial charge in [0.25, 0.3) is 5.69 Å². The highest BCUT2D eigenvalue weighted by Gasteiger charge is 2.43. The van der Waals surface area contributed by atoms with Gasteiger partial charge in [0.2, 0.25) is 0 Å². The first-order chi connectivity index (χ1) is 9.23. The third-order valence-electron chi connectivity index (χ3n) is 2.27. The standard InChI is InChI=1S/C11H7F3N2O4/c1-2-20-10(17)6-3-4-8(16(18)19)9(7(6)5-15)11(12,13)14/h3-4H,2H2,1H3. The number of halogens is 3. The van der Waals surface area contributed by atoms with Gasteiger partial charge < -0.3 is 4.74 Å². The lowest BCUT2D eigenvalue weighted by atomic mass is 9.99. The number of nitriles is 1. The maximum absolute atomic E-state index is 12.9. The van der Waals surface area contributed by atoms with Crippen LogP contribution in [0.25, 0.3) is 0 Å². The Bertz CT molecular complexity index is 605. The normalized spacial score (nSPS) is 10.8. The van der Waals surface area contributed by atoms with Gasteiger partial charge in [-0.3, -0.25) is 10.1 Å². The Kier molecular flexibility index (Phi) is 4.29. The van der Waals surface area contributed by atoms with Gasteiger partial charge in [0.1, 0.15) is 6.07 Å². The Labute approximate surface area is 110 Å². The van der Waals surface area contributed by atoms with Gasteiger partial charge in [0.05, 0.1) is 22.7 Å². The van der Waals surface area contributed by atoms with Gasteiger partial charge in [-0.1, -0.05) is 0 Å². The number of benzene rings is 1. The van der Waals surface area contributed by atoms with Crippen LogP contribution >= 0.6 is 0 Å². The van der Waals surface area contributed by atoms with Crippen LogP contribution in [-0.2, 0) is 10.9 Å². The molecule has 0 radical (unpaired) electrons. The number of esters is 1. The molecule has 0 spiro atoms. The fourth-order valence-electron chi connectivity index (χ4n) is 1.53. The molecule has 106 valence electrons. The fourth-order valence-corrected chi connectivity index (χ4v) is 1.53. The van der Waals surface area contributed by atoms with E-state index >= 15 is 0 Å². The highest BCUT2D eigenvalue weighted by molar-refractivity contribution is 5.93. The van der Waals surface area contributed by atoms with Crippen LogP contribution in [0, 0.1) is 21.4 Å². The molecule has 1 aromatic carbocycles. The molecule has 0 heterocycles. The molecule has 0 saturated carbocycles. The number of alkyl halides is 3. The zero-order valence-corrected chi connectivity index (χ0v) is 10.0. The van der Waals surface area contributed by atoms with Crippen molar-refractivity contribution in [2.75, 3.05) is 6.61 Å². The number of rotatable bonds is 3. The Morgan fingerprint density at radius 1 is 1.50 bits per heavy atom. The topological polar surface area (TPSA) is 93.2 Å². The van der Waals surface area contributed by atoms with Crippen LogP contribution in [0.4, 0.5) is 18.9 Å². The molecule has 1 aromatic rings. The molecular formula is C11H7F3N2O4. The number of hydrogen-bond acceptors (Lipinski definition) is 5. The van der Waals surface area contributed by atoms with Crippen molar-refractivity contribution in [2.45, 2.75) is 13.1 Å². The summed E-state index contributed by atoms with van der Waals surface area (Å²) in [6.45, 7) is 1.32. The SMILES string of the molecule is CCOC(=O)c1ccc([N+](=O)[O-])c(C(F)(F)F)c1C#N. The van der Waals surface area contributed by atoms with Crippen LogP contribution < -0.4 is 0 Å². The molecule has 0 aliphatic heterocycles. The van der Waals surface area contributed by atoms with Crippen molar-refractivity contribution < 1.29 is 27.6 Å². The molecule has 0 aromatic heterocycles. The quantitative estimate of drug-likeness (QED) is 0.484. The van der Waals surface area contributed by atoms with Gasteiger partial charge in [-0.2, -0.15) is 18.4 Å². The number of carbonyl (C=O) groups excluding carboxylic acids is 1. The van der Waals surface area contributed by atoms with Crippen molar-refractivity contribution in [2.24, 2.45) is 0 Å². The Morgan fingerprint density at radius 3 is 2.50 bits per heavy atom. The molecule has 0 atom stereocenters. The van der Waals surface area contributed by atoms with Crippen molar-refractivity contribution in [3.63, 3.8) is 0 Å². The third kappa shape index (κ3) is 2.85. The summed E-state index contributed by atoms with van der Waals surface area (Å²) in [5, 5.41) is 19.4. The molecule has 1 rings (SSSR count). The predicted molar refractivity (Wildman–Crippen MR) is 58.8 cm³/mol. The molecule has 20 heavy (non-hydrogen) atoms. The fraction of sp³-hybridized carbons (Fsp3) is 0.273. The molecule has 6 nitrogen and oxygen atoms in total. The van der Waals surface area contributed by atoms with E-state index in [4.69, 9.17) is 5.26 Å². The molecule has 0 amide bonds. The zero-order valence-electron chi connectivity index (χ0n) is 10.0. The van der Waals surface area contributed by atoms with Crippen molar-refractivity contribution in [1.82, 2.24) is 0 Å². The minimum absolute atomic E-state index is 0.109. The maximum atomic E-state index is 12.9. The van der Waals surface area contributed by atoms with Crippen LogP contribution in [0.15, 0.2) is 12.1 Å². The predicted octanol–water partition coefficient (Wildman–Crippen LogP) is 2.66. The van der Waals surface area contributed by atoms with Crippen LogP contribution in [0.2, 0.25) is 0 Å². The lowest BCUT2D eigenvalue weighted by Crippen LogP contribution is -2.16. The number of carbonyl (C=O) groups is 1. The van der Waals surface area contributed by atoms with Crippen molar-refractivity contribution >= 4 is 11.7 Å². The summed E-state index contributed by atoms with van der Waals surface area (Å²) in [6, 6.07) is 2.47. The third-order valence-corrected chi connectivity index (χ3v) is 2.27. The highest BCUT2D eigenvalue weighted by Crippen LogP contribution is 2.39. The van der Waals surface area contributed by atoms with Crippen LogP contribution in [0.5, 0.6) is 0 Å². The molecule has 0 aliphatic carbocycles. The first-order valence-corrected chi connectivity index (χ1v) is 5.19. The van der Waals surface area contributed by atoms with Gasteiger partial charge in [-0.05, 0) is 13.0 Å². The summed E-state index contributed by atoms with van der Waals surface area (Å²) in [5.74, 6) is -1.15. The van der Waals surface area contributed by atoms with E-state index in [0.29, 0.717) is 6.07 Å². The lowest BCUT2D eigenvalue weighted by Gasteiger charge is -2.12. The lowest BCUT2D eigenvalue weighted by molar-refractivity contribution is -0.388. The van der Waals surface area contributed by atoms with Crippen LogP contribution in [0.1, 0.15) is 28.4 Å². The van der Waals surface area contributed by atoms with Crippen molar-refractivity contribution in [1.29, 1.82) is 5.26 Å². The van der Waals surface area contributed by atoms with E-state index in [0.717, 1.165) is 6.07 Å². The molecule has 0 unspecified atom stereocenters. The summed E-state index contributed by atoms with van der Waals surface area (Å²) in [6.07, 6.45) is -5.14. The van der Waals surface area contributed by atoms with E-state index in [-0.39, 0.29) is 6.61 Å². The highest BCUT2D eigenvalue weighted by atomic mass is 19.4. The van der Waals surface area contributed by atoms with Gasteiger partial charge in [0, 0.05) is 6.07 Å². The number of nitro benzene ring substituents is 1. The molecule has 0 N–H and O–H groups in total. The number of nitro groups is 1. The summed E-state index contributed by atoms with van der Waals surface area (Å²) in [4.78, 5) is 20.8. The molecule has 9 heteroatoms. The Hall–Kier alpha value is -2.63. The van der Waals surface area contributed by atoms with Crippen molar-refractivity contribution in [3.8, 4) is 6.07 Å². The second-order valence-corrected chi connectivity index (χ2v) is 3.47. The van der Waals surface area contributed by atoms with Gasteiger partial charge in [0.15, 0.2) is 5.56 Å². The summed E-state index contributed by atoms with van der Waals surface area (Å²) < 4.78 is 43.1. The minimum Gasteiger partial charge on any atom is -0.462 e. The number of hydrogen-bond donors (Lipinski definition) is 0. The second-order valence-electron chi connectivity index (χ2n) is 3.47. The summed E-state index contributed by atoms with van der Waals surface area (Å²) in [7, 11) is 0. The average Bonchev–Trinajstić information content (AvgIpc) is 2.35. The smallest absolute Gasteiger partial charge is 0.424 e. The Morgan fingerprint density at radius 2 is 2.10 bits per heavy atom. The van der Waals surface area contributed by atoms with E-state index in [2.05, 4.69) is 4.74 Å². The summed E-state index contributed by atoms with van der Waals surface area (Å²) in [5.41, 5.74) is -4.82. The van der Waals surface area contributed by atoms with E-state index in [1.165, 1.54) is 13.0 Å². The van der Waals surface area contributed by atoms with Crippen molar-refractivity contribution in [3.05, 3.63) is 38.9 Å². The molecular weight excluding hydrogens is 281 g/mol. The largest absolute Gasteiger partial charge is 0.462 e. The monoisotopic (exact) mass is 288 g/mol. The zero-order chi connectivity index (χ0) is 15.5. The first-order valence-electron chi connectivity index (χ1n) is 5.19. The first kappa shape index (κ1) is 15.4. The van der Waals surface area contributed by atoms with Gasteiger partial charge in [-0.25, -0.2) is 4.79 Å². The van der Waals surface area contributed by atoms with E-state index in [1.807, 2.05) is 0 Å². The number of nitrogens with zero attached hydrogens (tertiary/aromatic N) is 2. The molecule has 0 saturated heterocycles. The van der Waals surface area contributed by atoms with Gasteiger partial charge >= 0.3 is 12.1 Å². The summed E-state index contributed by atoms with van der Waals surface area (Å²) >= 11 is 0. The molecule has 0 bridgehead atoms. The van der Waals surface area contributed by atoms with E-state index in [1.54, 1.807) is 0 Å². The van der Waals surface area contributed by atoms with E-state index in [9.17, 15) is 28.1 Å². The Balaban J connectivity index is 3.67. The maximum Gasteiger partial charge on any atom is 0.424 e. The number of ether oxygens (including phenoxy) is 1. The molecule has 0 aliphatic rings. The average molecular weight is 288 g/mol. The minimum atomic E-state index is -5.14. The van der Waals surface area contributed by atoms with Gasteiger partial charge in [-0.15, -0.1) is 0 Å². The van der Waals surface area contributed by atoms with Crippen LogP contribution in [-0.4, -0.2) is 17.5 Å². The van der Waals surface area contributed by atoms with Crippen LogP contribution in [0.3, 0.4) is 0 Å². The molecule has 0 fully saturated rings. The van der Waals surface area contributed by atoms with E-state index < -0.39 is 39.4 Å².